The van der Waals surface area contributed by atoms with E-state index in [-0.39, 0.29) is 11.9 Å². The summed E-state index contributed by atoms with van der Waals surface area (Å²) in [5, 5.41) is 0. The van der Waals surface area contributed by atoms with Crippen molar-refractivity contribution in [1.29, 1.82) is 0 Å². The summed E-state index contributed by atoms with van der Waals surface area (Å²) >= 11 is 0. The Morgan fingerprint density at radius 1 is 1.42 bits per heavy atom. The number of esters is 1. The molecule has 0 radical (unpaired) electrons. The van der Waals surface area contributed by atoms with E-state index in [1.807, 2.05) is 39.2 Å². The number of carbonyl (C=O) groups is 1. The zero-order chi connectivity index (χ0) is 13.8. The minimum absolute atomic E-state index is 0.162. The normalized spacial score (nSPS) is 18.1. The second-order valence-electron chi connectivity index (χ2n) is 5.28. The van der Waals surface area contributed by atoms with Gasteiger partial charge in [-0.25, -0.2) is 0 Å². The van der Waals surface area contributed by atoms with Gasteiger partial charge in [-0.3, -0.25) is 4.79 Å². The Morgan fingerprint density at radius 3 is 2.95 bits per heavy atom. The highest BCUT2D eigenvalue weighted by Gasteiger charge is 2.23. The summed E-state index contributed by atoms with van der Waals surface area (Å²) in [6.07, 6.45) is 1.43. The highest BCUT2D eigenvalue weighted by molar-refractivity contribution is 5.76. The first kappa shape index (κ1) is 13.9. The Hall–Kier alpha value is -1.55. The first-order valence-electron chi connectivity index (χ1n) is 6.68. The van der Waals surface area contributed by atoms with E-state index < -0.39 is 0 Å². The molecule has 4 heteroatoms. The van der Waals surface area contributed by atoms with E-state index in [9.17, 15) is 4.79 Å². The molecule has 104 valence electrons. The molecule has 1 atom stereocenters. The molecule has 0 fully saturated rings. The van der Waals surface area contributed by atoms with Gasteiger partial charge in [0.05, 0.1) is 13.0 Å². The molecule has 19 heavy (non-hydrogen) atoms. The average molecular weight is 263 g/mol. The standard InChI is InChI=1S/C15H21NO3/c1-11-9-15(17)19-14-10-12(5-6-13(11)14)18-8-4-7-16(2)3/h5-6,10-11H,4,7-9H2,1-3H3. The van der Waals surface area contributed by atoms with Crippen molar-refractivity contribution in [3.63, 3.8) is 0 Å². The summed E-state index contributed by atoms with van der Waals surface area (Å²) in [6, 6.07) is 5.76. The molecule has 1 heterocycles. The number of hydrogen-bond donors (Lipinski definition) is 0. The second-order valence-corrected chi connectivity index (χ2v) is 5.28. The molecule has 0 saturated heterocycles. The van der Waals surface area contributed by atoms with Crippen molar-refractivity contribution in [3.05, 3.63) is 23.8 Å². The quantitative estimate of drug-likeness (QED) is 0.464. The number of nitrogens with zero attached hydrogens (tertiary/aromatic N) is 1. The van der Waals surface area contributed by atoms with Gasteiger partial charge < -0.3 is 14.4 Å². The van der Waals surface area contributed by atoms with Gasteiger partial charge in [0, 0.05) is 12.6 Å². The van der Waals surface area contributed by atoms with Crippen molar-refractivity contribution >= 4 is 5.97 Å². The Bertz CT molecular complexity index is 457. The van der Waals surface area contributed by atoms with Crippen LogP contribution in [0.4, 0.5) is 0 Å². The lowest BCUT2D eigenvalue weighted by Crippen LogP contribution is -2.18. The number of fused-ring (bicyclic) bond motifs is 1. The van der Waals surface area contributed by atoms with Crippen LogP contribution in [-0.4, -0.2) is 38.1 Å². The summed E-state index contributed by atoms with van der Waals surface area (Å²) in [5.74, 6) is 1.47. The van der Waals surface area contributed by atoms with E-state index in [1.165, 1.54) is 0 Å². The molecular formula is C15H21NO3. The van der Waals surface area contributed by atoms with Gasteiger partial charge >= 0.3 is 5.97 Å². The predicted molar refractivity (Wildman–Crippen MR) is 73.8 cm³/mol. The average Bonchev–Trinajstić information content (AvgIpc) is 2.33. The zero-order valence-corrected chi connectivity index (χ0v) is 11.8. The minimum atomic E-state index is -0.162. The van der Waals surface area contributed by atoms with E-state index in [0.29, 0.717) is 18.8 Å². The van der Waals surface area contributed by atoms with E-state index in [0.717, 1.165) is 24.3 Å². The third kappa shape index (κ3) is 3.70. The maximum absolute atomic E-state index is 11.4. The van der Waals surface area contributed by atoms with Gasteiger partial charge in [-0.2, -0.15) is 0 Å². The van der Waals surface area contributed by atoms with Crippen molar-refractivity contribution in [3.8, 4) is 11.5 Å². The number of carbonyl (C=O) groups excluding carboxylic acids is 1. The summed E-state index contributed by atoms with van der Waals surface area (Å²) in [7, 11) is 4.08. The van der Waals surface area contributed by atoms with E-state index >= 15 is 0 Å². The highest BCUT2D eigenvalue weighted by Crippen LogP contribution is 2.36. The number of benzene rings is 1. The minimum Gasteiger partial charge on any atom is -0.493 e. The van der Waals surface area contributed by atoms with Gasteiger partial charge in [-0.15, -0.1) is 0 Å². The third-order valence-corrected chi connectivity index (χ3v) is 3.23. The van der Waals surface area contributed by atoms with Crippen LogP contribution in [0.1, 0.15) is 31.2 Å². The van der Waals surface area contributed by atoms with Gasteiger partial charge in [0.2, 0.25) is 0 Å². The van der Waals surface area contributed by atoms with Crippen LogP contribution in [0.3, 0.4) is 0 Å². The van der Waals surface area contributed by atoms with Gasteiger partial charge in [0.15, 0.2) is 0 Å². The third-order valence-electron chi connectivity index (χ3n) is 3.23. The zero-order valence-electron chi connectivity index (χ0n) is 11.8. The molecule has 1 aliphatic heterocycles. The molecule has 4 nitrogen and oxygen atoms in total. The monoisotopic (exact) mass is 263 g/mol. The topological polar surface area (TPSA) is 38.8 Å². The van der Waals surface area contributed by atoms with Crippen LogP contribution in [-0.2, 0) is 4.79 Å². The fourth-order valence-corrected chi connectivity index (χ4v) is 2.20. The molecule has 1 unspecified atom stereocenters. The summed E-state index contributed by atoms with van der Waals surface area (Å²) in [5.41, 5.74) is 1.08. The molecule has 1 aromatic carbocycles. The van der Waals surface area contributed by atoms with E-state index in [1.54, 1.807) is 0 Å². The molecule has 0 aromatic heterocycles. The number of rotatable bonds is 5. The molecule has 0 saturated carbocycles. The van der Waals surface area contributed by atoms with Crippen molar-refractivity contribution in [2.45, 2.75) is 25.7 Å². The van der Waals surface area contributed by atoms with E-state index in [2.05, 4.69) is 4.90 Å². The van der Waals surface area contributed by atoms with Gasteiger partial charge in [-0.05, 0) is 38.1 Å². The first-order valence-corrected chi connectivity index (χ1v) is 6.68. The lowest BCUT2D eigenvalue weighted by atomic mass is 9.95. The number of ether oxygens (including phenoxy) is 2. The lowest BCUT2D eigenvalue weighted by molar-refractivity contribution is -0.135. The van der Waals surface area contributed by atoms with Gasteiger partial charge in [0.1, 0.15) is 11.5 Å². The van der Waals surface area contributed by atoms with Gasteiger partial charge in [0.25, 0.3) is 0 Å². The fourth-order valence-electron chi connectivity index (χ4n) is 2.20. The SMILES string of the molecule is CC1CC(=O)Oc2cc(OCCCN(C)C)ccc21. The van der Waals surface area contributed by atoms with E-state index in [4.69, 9.17) is 9.47 Å². The maximum atomic E-state index is 11.4. The van der Waals surface area contributed by atoms with Crippen molar-refractivity contribution in [2.24, 2.45) is 0 Å². The Labute approximate surface area is 114 Å². The molecule has 0 N–H and O–H groups in total. The fraction of sp³-hybridized carbons (Fsp3) is 0.533. The van der Waals surface area contributed by atoms with Crippen LogP contribution in [0.2, 0.25) is 0 Å². The molecule has 1 aliphatic rings. The summed E-state index contributed by atoms with van der Waals surface area (Å²) < 4.78 is 10.9. The summed E-state index contributed by atoms with van der Waals surface area (Å²) in [4.78, 5) is 13.5. The van der Waals surface area contributed by atoms with Crippen LogP contribution in [0.25, 0.3) is 0 Å². The second kappa shape index (κ2) is 6.06. The van der Waals surface area contributed by atoms with Crippen molar-refractivity contribution in [1.82, 2.24) is 4.90 Å². The molecule has 0 spiro atoms. The predicted octanol–water partition coefficient (Wildman–Crippen LogP) is 2.43. The molecule has 0 aliphatic carbocycles. The van der Waals surface area contributed by atoms with Crippen LogP contribution < -0.4 is 9.47 Å². The molecule has 2 rings (SSSR count). The van der Waals surface area contributed by atoms with Crippen LogP contribution >= 0.6 is 0 Å². The summed E-state index contributed by atoms with van der Waals surface area (Å²) in [6.45, 7) is 3.70. The largest absolute Gasteiger partial charge is 0.493 e. The van der Waals surface area contributed by atoms with Crippen molar-refractivity contribution in [2.75, 3.05) is 27.2 Å². The maximum Gasteiger partial charge on any atom is 0.311 e. The molecule has 1 aromatic rings. The molecule has 0 bridgehead atoms. The molecule has 0 amide bonds. The Balaban J connectivity index is 1.97. The van der Waals surface area contributed by atoms with Crippen LogP contribution in [0.5, 0.6) is 11.5 Å². The smallest absolute Gasteiger partial charge is 0.311 e. The Kier molecular flexibility index (Phi) is 4.43. The van der Waals surface area contributed by atoms with Crippen LogP contribution in [0, 0.1) is 0 Å². The van der Waals surface area contributed by atoms with Crippen molar-refractivity contribution < 1.29 is 14.3 Å². The number of hydrogen-bond acceptors (Lipinski definition) is 4. The highest BCUT2D eigenvalue weighted by atomic mass is 16.5. The lowest BCUT2D eigenvalue weighted by Gasteiger charge is -2.22. The first-order chi connectivity index (χ1) is 9.06. The molecular weight excluding hydrogens is 242 g/mol. The Morgan fingerprint density at radius 2 is 2.21 bits per heavy atom. The van der Waals surface area contributed by atoms with Crippen LogP contribution in [0.15, 0.2) is 18.2 Å². The van der Waals surface area contributed by atoms with Gasteiger partial charge in [-0.1, -0.05) is 13.0 Å².